The summed E-state index contributed by atoms with van der Waals surface area (Å²) in [4.78, 5) is 30.8. The molecule has 6 rings (SSSR count). The van der Waals surface area contributed by atoms with Crippen molar-refractivity contribution < 1.29 is 18.3 Å². The first-order valence-electron chi connectivity index (χ1n) is 13.2. The maximum atomic E-state index is 15.5. The van der Waals surface area contributed by atoms with Gasteiger partial charge in [0.15, 0.2) is 17.0 Å². The summed E-state index contributed by atoms with van der Waals surface area (Å²) in [6, 6.07) is 8.69. The van der Waals surface area contributed by atoms with Crippen LogP contribution >= 0.6 is 0 Å². The molecule has 2 aliphatic rings. The maximum absolute atomic E-state index is 15.5. The largest absolute Gasteiger partial charge is 0.505 e. The number of rotatable bonds is 4. The zero-order valence-electron chi connectivity index (χ0n) is 21.0. The fraction of sp³-hybridized carbons (Fsp3) is 0.379. The van der Waals surface area contributed by atoms with Gasteiger partial charge in [0.25, 0.3) is 5.56 Å². The predicted octanol–water partition coefficient (Wildman–Crippen LogP) is 5.12. The van der Waals surface area contributed by atoms with Crippen molar-refractivity contribution in [3.05, 3.63) is 74.4 Å². The van der Waals surface area contributed by atoms with E-state index in [0.29, 0.717) is 42.9 Å². The summed E-state index contributed by atoms with van der Waals surface area (Å²) in [5, 5.41) is 11.4. The lowest BCUT2D eigenvalue weighted by Gasteiger charge is -2.30. The number of benzene rings is 2. The number of hydrogen-bond donors (Lipinski definition) is 1. The van der Waals surface area contributed by atoms with Crippen LogP contribution in [0.5, 0.6) is 5.75 Å². The van der Waals surface area contributed by atoms with Crippen molar-refractivity contribution in [2.75, 3.05) is 36.0 Å². The van der Waals surface area contributed by atoms with E-state index in [9.17, 15) is 19.1 Å². The van der Waals surface area contributed by atoms with E-state index >= 15 is 4.39 Å². The van der Waals surface area contributed by atoms with Crippen LogP contribution in [0.2, 0.25) is 0 Å². The van der Waals surface area contributed by atoms with Gasteiger partial charge in [-0.3, -0.25) is 4.79 Å². The highest BCUT2D eigenvalue weighted by Gasteiger charge is 2.27. The van der Waals surface area contributed by atoms with E-state index in [1.54, 1.807) is 23.1 Å². The van der Waals surface area contributed by atoms with Gasteiger partial charge in [0.05, 0.1) is 17.7 Å². The van der Waals surface area contributed by atoms with Crippen LogP contribution in [0.15, 0.2) is 50.4 Å². The molecule has 0 unspecified atom stereocenters. The molecule has 0 bridgehead atoms. The van der Waals surface area contributed by atoms with Gasteiger partial charge in [-0.25, -0.2) is 13.6 Å². The lowest BCUT2D eigenvalue weighted by Crippen LogP contribution is -2.33. The fourth-order valence-electron chi connectivity index (χ4n) is 5.81. The number of halogens is 2. The highest BCUT2D eigenvalue weighted by Crippen LogP contribution is 2.37. The van der Waals surface area contributed by atoms with E-state index in [2.05, 4.69) is 0 Å². The molecule has 0 aliphatic carbocycles. The molecule has 0 spiro atoms. The standard InChI is InChI=1S/C29H29F2N3O4/c30-19-9-7-18(8-10-19)17-34-22-16-23(32-11-3-1-4-12-32)21(31)15-20(22)27-24(28(34)36)26(35)25(29(37)38-27)33-13-5-2-6-14-33/h7-10,15-16,35H,1-6,11-14,17H2. The molecule has 2 saturated heterocycles. The molecule has 0 amide bonds. The molecule has 0 atom stereocenters. The number of piperidine rings is 2. The zero-order valence-corrected chi connectivity index (χ0v) is 21.0. The summed E-state index contributed by atoms with van der Waals surface area (Å²) in [6.07, 6.45) is 5.69. The average Bonchev–Trinajstić information content (AvgIpc) is 2.93. The van der Waals surface area contributed by atoms with E-state index in [4.69, 9.17) is 4.42 Å². The van der Waals surface area contributed by atoms with Gasteiger partial charge in [0.2, 0.25) is 0 Å². The molecular formula is C29H29F2N3O4. The Morgan fingerprint density at radius 3 is 2.13 bits per heavy atom. The summed E-state index contributed by atoms with van der Waals surface area (Å²) >= 11 is 0. The van der Waals surface area contributed by atoms with E-state index in [1.807, 2.05) is 4.90 Å². The number of nitrogens with zero attached hydrogens (tertiary/aromatic N) is 3. The predicted molar refractivity (Wildman–Crippen MR) is 144 cm³/mol. The van der Waals surface area contributed by atoms with E-state index in [0.717, 1.165) is 38.5 Å². The van der Waals surface area contributed by atoms with Crippen LogP contribution in [0.25, 0.3) is 21.9 Å². The maximum Gasteiger partial charge on any atom is 0.363 e. The molecule has 2 aliphatic heterocycles. The van der Waals surface area contributed by atoms with Crippen LogP contribution in [0.1, 0.15) is 44.1 Å². The summed E-state index contributed by atoms with van der Waals surface area (Å²) < 4.78 is 36.3. The lowest BCUT2D eigenvalue weighted by atomic mass is 10.1. The van der Waals surface area contributed by atoms with Gasteiger partial charge in [0, 0.05) is 31.6 Å². The first-order chi connectivity index (χ1) is 18.4. The van der Waals surface area contributed by atoms with Crippen molar-refractivity contribution in [1.29, 1.82) is 0 Å². The van der Waals surface area contributed by atoms with E-state index in [1.165, 1.54) is 22.8 Å². The first-order valence-corrected chi connectivity index (χ1v) is 13.2. The van der Waals surface area contributed by atoms with Crippen molar-refractivity contribution in [2.24, 2.45) is 0 Å². The molecule has 38 heavy (non-hydrogen) atoms. The molecule has 2 aromatic carbocycles. The summed E-state index contributed by atoms with van der Waals surface area (Å²) in [5.41, 5.74) is -0.0736. The van der Waals surface area contributed by atoms with Gasteiger partial charge in [-0.1, -0.05) is 12.1 Å². The van der Waals surface area contributed by atoms with Crippen LogP contribution in [0.3, 0.4) is 0 Å². The Bertz CT molecular complexity index is 1630. The lowest BCUT2D eigenvalue weighted by molar-refractivity contribution is 0.459. The molecule has 7 nitrogen and oxygen atoms in total. The second-order valence-electron chi connectivity index (χ2n) is 10.2. The number of anilines is 2. The number of fused-ring (bicyclic) bond motifs is 3. The Morgan fingerprint density at radius 1 is 0.842 bits per heavy atom. The minimum atomic E-state index is -0.755. The molecule has 9 heteroatoms. The Balaban J connectivity index is 1.64. The third-order valence-corrected chi connectivity index (χ3v) is 7.76. The highest BCUT2D eigenvalue weighted by atomic mass is 19.1. The van der Waals surface area contributed by atoms with Crippen molar-refractivity contribution in [3.63, 3.8) is 0 Å². The molecule has 2 aromatic heterocycles. The van der Waals surface area contributed by atoms with Crippen LogP contribution in [-0.2, 0) is 6.54 Å². The molecule has 1 N–H and O–H groups in total. The first kappa shape index (κ1) is 24.5. The minimum Gasteiger partial charge on any atom is -0.505 e. The highest BCUT2D eigenvalue weighted by molar-refractivity contribution is 6.06. The van der Waals surface area contributed by atoms with E-state index in [-0.39, 0.29) is 28.6 Å². The Kier molecular flexibility index (Phi) is 6.29. The molecule has 0 radical (unpaired) electrons. The van der Waals surface area contributed by atoms with E-state index < -0.39 is 28.6 Å². The van der Waals surface area contributed by atoms with Crippen LogP contribution < -0.4 is 21.0 Å². The van der Waals surface area contributed by atoms with Crippen LogP contribution in [0, 0.1) is 11.6 Å². The SMILES string of the molecule is O=c1oc2c(c(O)c1N1CCCCC1)c(=O)n(Cc1ccc(F)cc1)c1cc(N3CCCCC3)c(F)cc21. The van der Waals surface area contributed by atoms with Crippen molar-refractivity contribution in [1.82, 2.24) is 4.57 Å². The Morgan fingerprint density at radius 2 is 1.47 bits per heavy atom. The quantitative estimate of drug-likeness (QED) is 0.376. The van der Waals surface area contributed by atoms with Crippen molar-refractivity contribution >= 4 is 33.2 Å². The van der Waals surface area contributed by atoms with Crippen LogP contribution in [0.4, 0.5) is 20.2 Å². The molecule has 198 valence electrons. The summed E-state index contributed by atoms with van der Waals surface area (Å²) in [6.45, 7) is 2.60. The average molecular weight is 522 g/mol. The summed E-state index contributed by atoms with van der Waals surface area (Å²) in [5.74, 6) is -1.34. The second-order valence-corrected chi connectivity index (χ2v) is 10.2. The second kappa shape index (κ2) is 9.78. The van der Waals surface area contributed by atoms with Crippen LogP contribution in [-0.4, -0.2) is 35.9 Å². The molecule has 2 fully saturated rings. The smallest absolute Gasteiger partial charge is 0.363 e. The number of aromatic nitrogens is 1. The normalized spacial score (nSPS) is 16.5. The Hall–Kier alpha value is -3.88. The minimum absolute atomic E-state index is 0.0348. The fourth-order valence-corrected chi connectivity index (χ4v) is 5.81. The summed E-state index contributed by atoms with van der Waals surface area (Å²) in [7, 11) is 0. The zero-order chi connectivity index (χ0) is 26.4. The number of pyridine rings is 1. The third-order valence-electron chi connectivity index (χ3n) is 7.76. The molecule has 0 saturated carbocycles. The monoisotopic (exact) mass is 521 g/mol. The van der Waals surface area contributed by atoms with Gasteiger partial charge in [-0.15, -0.1) is 0 Å². The van der Waals surface area contributed by atoms with Crippen molar-refractivity contribution in [3.8, 4) is 5.75 Å². The number of aromatic hydroxyl groups is 1. The van der Waals surface area contributed by atoms with Gasteiger partial charge in [0.1, 0.15) is 17.0 Å². The Labute approximate surface area is 217 Å². The van der Waals surface area contributed by atoms with Crippen molar-refractivity contribution in [2.45, 2.75) is 45.1 Å². The molecular weight excluding hydrogens is 492 g/mol. The van der Waals surface area contributed by atoms with Gasteiger partial charge in [-0.05, 0) is 68.4 Å². The third kappa shape index (κ3) is 4.19. The molecule has 4 heterocycles. The topological polar surface area (TPSA) is 78.9 Å². The van der Waals surface area contributed by atoms with Gasteiger partial charge < -0.3 is 23.9 Å². The number of hydrogen-bond acceptors (Lipinski definition) is 6. The van der Waals surface area contributed by atoms with Gasteiger partial charge in [-0.2, -0.15) is 0 Å². The van der Waals surface area contributed by atoms with Gasteiger partial charge >= 0.3 is 5.63 Å². The molecule has 4 aromatic rings.